The lowest BCUT2D eigenvalue weighted by atomic mass is 10.1. The predicted octanol–water partition coefficient (Wildman–Crippen LogP) is 4.94. The van der Waals surface area contributed by atoms with Crippen molar-refractivity contribution in [3.05, 3.63) is 62.6 Å². The van der Waals surface area contributed by atoms with Crippen LogP contribution in [0.2, 0.25) is 5.02 Å². The molecule has 0 fully saturated rings. The maximum absolute atomic E-state index is 13.7. The van der Waals surface area contributed by atoms with E-state index in [0.717, 1.165) is 12.1 Å². The van der Waals surface area contributed by atoms with Crippen molar-refractivity contribution in [3.8, 4) is 0 Å². The van der Waals surface area contributed by atoms with E-state index in [1.807, 2.05) is 0 Å². The Balaban J connectivity index is 2.33. The molecule has 0 aliphatic carbocycles. The van der Waals surface area contributed by atoms with Gasteiger partial charge in [-0.1, -0.05) is 17.7 Å². The summed E-state index contributed by atoms with van der Waals surface area (Å²) in [6.45, 7) is 1.72. The number of aryl methyl sites for hydroxylation is 1. The number of rotatable bonds is 2. The molecule has 0 bridgehead atoms. The third-order valence-corrected chi connectivity index (χ3v) is 3.54. The second-order valence-electron chi connectivity index (χ2n) is 4.18. The van der Waals surface area contributed by atoms with Gasteiger partial charge in [0.15, 0.2) is 0 Å². The number of carbonyl (C=O) groups excluding carboxylic acids is 1. The van der Waals surface area contributed by atoms with Crippen molar-refractivity contribution in [2.75, 3.05) is 5.32 Å². The first kappa shape index (κ1) is 14.9. The summed E-state index contributed by atoms with van der Waals surface area (Å²) < 4.78 is 27.1. The minimum Gasteiger partial charge on any atom is -0.320 e. The lowest BCUT2D eigenvalue weighted by Crippen LogP contribution is -2.14. The molecule has 0 saturated carbocycles. The molecule has 104 valence electrons. The van der Waals surface area contributed by atoms with Crippen molar-refractivity contribution in [2.45, 2.75) is 6.92 Å². The first-order valence-electron chi connectivity index (χ1n) is 5.60. The van der Waals surface area contributed by atoms with Crippen LogP contribution in [0, 0.1) is 18.6 Å². The summed E-state index contributed by atoms with van der Waals surface area (Å²) in [5.41, 5.74) is 0.793. The van der Waals surface area contributed by atoms with Gasteiger partial charge >= 0.3 is 0 Å². The Labute approximate surface area is 127 Å². The van der Waals surface area contributed by atoms with E-state index in [0.29, 0.717) is 5.56 Å². The van der Waals surface area contributed by atoms with Crippen LogP contribution in [-0.2, 0) is 0 Å². The van der Waals surface area contributed by atoms with Gasteiger partial charge in [0.1, 0.15) is 11.6 Å². The molecule has 0 heterocycles. The minimum atomic E-state index is -0.656. The number of nitrogens with one attached hydrogen (secondary N) is 1. The van der Waals surface area contributed by atoms with E-state index in [-0.39, 0.29) is 20.7 Å². The van der Waals surface area contributed by atoms with Gasteiger partial charge in [-0.25, -0.2) is 8.78 Å². The number of halogens is 4. The molecule has 0 spiro atoms. The molecule has 2 aromatic rings. The summed E-state index contributed by atoms with van der Waals surface area (Å²) in [4.78, 5) is 12.0. The molecular weight excluding hydrogens is 352 g/mol. The van der Waals surface area contributed by atoms with E-state index in [9.17, 15) is 13.6 Å². The smallest absolute Gasteiger partial charge is 0.258 e. The van der Waals surface area contributed by atoms with Gasteiger partial charge in [0.25, 0.3) is 5.91 Å². The molecule has 0 radical (unpaired) electrons. The molecule has 6 heteroatoms. The Hall–Kier alpha value is -1.46. The highest BCUT2D eigenvalue weighted by Crippen LogP contribution is 2.32. The summed E-state index contributed by atoms with van der Waals surface area (Å²) >= 11 is 8.95. The Morgan fingerprint density at radius 1 is 1.25 bits per heavy atom. The second kappa shape index (κ2) is 5.89. The Morgan fingerprint density at radius 3 is 2.55 bits per heavy atom. The first-order chi connectivity index (χ1) is 9.38. The van der Waals surface area contributed by atoms with E-state index in [1.54, 1.807) is 13.0 Å². The Morgan fingerprint density at radius 2 is 1.95 bits per heavy atom. The van der Waals surface area contributed by atoms with Crippen molar-refractivity contribution in [3.63, 3.8) is 0 Å². The SMILES string of the molecule is Cc1ccc(C(=O)Nc2c(Cl)cc(F)cc2Br)c(F)c1. The van der Waals surface area contributed by atoms with Crippen LogP contribution in [0.25, 0.3) is 0 Å². The molecule has 0 unspecified atom stereocenters. The van der Waals surface area contributed by atoms with Gasteiger partial charge in [-0.2, -0.15) is 0 Å². The van der Waals surface area contributed by atoms with Crippen LogP contribution in [0.5, 0.6) is 0 Å². The lowest BCUT2D eigenvalue weighted by Gasteiger charge is -2.10. The zero-order valence-corrected chi connectivity index (χ0v) is 12.6. The average Bonchev–Trinajstić information content (AvgIpc) is 2.33. The van der Waals surface area contributed by atoms with Crippen molar-refractivity contribution in [1.29, 1.82) is 0 Å². The van der Waals surface area contributed by atoms with Gasteiger partial charge in [-0.3, -0.25) is 4.79 Å². The molecular formula is C14H9BrClF2NO. The molecule has 0 saturated heterocycles. The molecule has 1 amide bonds. The predicted molar refractivity (Wildman–Crippen MR) is 78.2 cm³/mol. The van der Waals surface area contributed by atoms with Gasteiger partial charge < -0.3 is 5.32 Å². The van der Waals surface area contributed by atoms with E-state index in [4.69, 9.17) is 11.6 Å². The lowest BCUT2D eigenvalue weighted by molar-refractivity contribution is 0.102. The molecule has 1 N–H and O–H groups in total. The second-order valence-corrected chi connectivity index (χ2v) is 5.44. The monoisotopic (exact) mass is 359 g/mol. The van der Waals surface area contributed by atoms with Crippen LogP contribution in [0.3, 0.4) is 0 Å². The largest absolute Gasteiger partial charge is 0.320 e. The van der Waals surface area contributed by atoms with Crippen LogP contribution < -0.4 is 5.32 Å². The number of hydrogen-bond acceptors (Lipinski definition) is 1. The van der Waals surface area contributed by atoms with Gasteiger partial charge in [-0.05, 0) is 52.7 Å². The number of anilines is 1. The summed E-state index contributed by atoms with van der Waals surface area (Å²) in [5.74, 6) is -1.82. The summed E-state index contributed by atoms with van der Waals surface area (Å²) in [6, 6.07) is 6.49. The van der Waals surface area contributed by atoms with Crippen LogP contribution in [0.15, 0.2) is 34.8 Å². The minimum absolute atomic E-state index is 0.0257. The fourth-order valence-corrected chi connectivity index (χ4v) is 2.55. The molecule has 0 aliphatic rings. The maximum Gasteiger partial charge on any atom is 0.258 e. The molecule has 0 aromatic heterocycles. The third kappa shape index (κ3) is 3.16. The summed E-state index contributed by atoms with van der Waals surface area (Å²) in [6.07, 6.45) is 0. The zero-order valence-electron chi connectivity index (χ0n) is 10.3. The molecule has 0 aliphatic heterocycles. The van der Waals surface area contributed by atoms with Gasteiger partial charge in [0, 0.05) is 4.47 Å². The summed E-state index contributed by atoms with van der Waals surface area (Å²) in [7, 11) is 0. The molecule has 2 aromatic carbocycles. The van der Waals surface area contributed by atoms with Gasteiger partial charge in [0.2, 0.25) is 0 Å². The maximum atomic E-state index is 13.7. The zero-order chi connectivity index (χ0) is 14.9. The first-order valence-corrected chi connectivity index (χ1v) is 6.77. The van der Waals surface area contributed by atoms with Crippen molar-refractivity contribution in [1.82, 2.24) is 0 Å². The number of benzene rings is 2. The highest BCUT2D eigenvalue weighted by Gasteiger charge is 2.15. The van der Waals surface area contributed by atoms with Crippen molar-refractivity contribution in [2.24, 2.45) is 0 Å². The van der Waals surface area contributed by atoms with E-state index < -0.39 is 17.5 Å². The van der Waals surface area contributed by atoms with Crippen LogP contribution in [0.4, 0.5) is 14.5 Å². The Kier molecular flexibility index (Phi) is 4.40. The quantitative estimate of drug-likeness (QED) is 0.807. The topological polar surface area (TPSA) is 29.1 Å². The number of carbonyl (C=O) groups is 1. The molecule has 2 nitrogen and oxygen atoms in total. The van der Waals surface area contributed by atoms with E-state index in [2.05, 4.69) is 21.2 Å². The standard InChI is InChI=1S/C14H9BrClF2NO/c1-7-2-3-9(12(18)4-7)14(20)19-13-10(15)5-8(17)6-11(13)16/h2-6H,1H3,(H,19,20). The van der Waals surface area contributed by atoms with Crippen molar-refractivity contribution >= 4 is 39.1 Å². The molecule has 2 rings (SSSR count). The van der Waals surface area contributed by atoms with Gasteiger partial charge in [-0.15, -0.1) is 0 Å². The highest BCUT2D eigenvalue weighted by atomic mass is 79.9. The Bertz CT molecular complexity index is 668. The van der Waals surface area contributed by atoms with Gasteiger partial charge in [0.05, 0.1) is 16.3 Å². The van der Waals surface area contributed by atoms with E-state index >= 15 is 0 Å². The van der Waals surface area contributed by atoms with E-state index in [1.165, 1.54) is 12.1 Å². The fourth-order valence-electron chi connectivity index (χ4n) is 1.65. The number of amides is 1. The fraction of sp³-hybridized carbons (Fsp3) is 0.0714. The average molecular weight is 361 g/mol. The van der Waals surface area contributed by atoms with Crippen LogP contribution in [-0.4, -0.2) is 5.91 Å². The number of hydrogen-bond donors (Lipinski definition) is 1. The van der Waals surface area contributed by atoms with Crippen LogP contribution >= 0.6 is 27.5 Å². The molecule has 0 atom stereocenters. The van der Waals surface area contributed by atoms with Crippen LogP contribution in [0.1, 0.15) is 15.9 Å². The third-order valence-electron chi connectivity index (χ3n) is 2.61. The molecule has 20 heavy (non-hydrogen) atoms. The normalized spacial score (nSPS) is 10.4. The van der Waals surface area contributed by atoms with Crippen molar-refractivity contribution < 1.29 is 13.6 Å². The summed E-state index contributed by atoms with van der Waals surface area (Å²) in [5, 5.41) is 2.48. The highest BCUT2D eigenvalue weighted by molar-refractivity contribution is 9.10.